The highest BCUT2D eigenvalue weighted by Gasteiger charge is 2.26. The van der Waals surface area contributed by atoms with E-state index in [4.69, 9.17) is 14.2 Å². The maximum Gasteiger partial charge on any atom is 0.375 e. The predicted molar refractivity (Wildman–Crippen MR) is 73.5 cm³/mol. The smallest absolute Gasteiger partial charge is 0.375 e. The maximum atomic E-state index is 11.7. The normalized spacial score (nSPS) is 20.9. The van der Waals surface area contributed by atoms with E-state index in [9.17, 15) is 4.79 Å². The van der Waals surface area contributed by atoms with Gasteiger partial charge in [0.1, 0.15) is 0 Å². The molecule has 1 saturated heterocycles. The molecule has 20 heavy (non-hydrogen) atoms. The van der Waals surface area contributed by atoms with Gasteiger partial charge in [-0.1, -0.05) is 12.1 Å². The molecule has 5 nitrogen and oxygen atoms in total. The van der Waals surface area contributed by atoms with Crippen LogP contribution >= 0.6 is 0 Å². The lowest BCUT2D eigenvalue weighted by Crippen LogP contribution is -2.32. The molecule has 0 aromatic heterocycles. The molecule has 0 spiro atoms. The first-order valence-electron chi connectivity index (χ1n) is 6.73. The lowest BCUT2D eigenvalue weighted by atomic mass is 10.2. The van der Waals surface area contributed by atoms with Crippen LogP contribution in [0.1, 0.15) is 12.8 Å². The van der Waals surface area contributed by atoms with Crippen molar-refractivity contribution < 1.29 is 19.0 Å². The van der Waals surface area contributed by atoms with Gasteiger partial charge in [-0.3, -0.25) is 0 Å². The zero-order chi connectivity index (χ0) is 13.9. The molecule has 0 aliphatic carbocycles. The fourth-order valence-corrected chi connectivity index (χ4v) is 2.49. The van der Waals surface area contributed by atoms with Crippen molar-refractivity contribution in [3.05, 3.63) is 36.2 Å². The highest BCUT2D eigenvalue weighted by molar-refractivity contribution is 5.88. The summed E-state index contributed by atoms with van der Waals surface area (Å²) in [4.78, 5) is 13.7. The zero-order valence-corrected chi connectivity index (χ0v) is 11.4. The summed E-state index contributed by atoms with van der Waals surface area (Å²) in [7, 11) is 1.34. The van der Waals surface area contributed by atoms with Crippen LogP contribution in [0.2, 0.25) is 0 Å². The van der Waals surface area contributed by atoms with Gasteiger partial charge < -0.3 is 19.1 Å². The number of carbonyl (C=O) groups excluding carboxylic acids is 1. The third kappa shape index (κ3) is 2.49. The van der Waals surface area contributed by atoms with Crippen LogP contribution in [-0.2, 0) is 14.3 Å². The summed E-state index contributed by atoms with van der Waals surface area (Å²) in [6.07, 6.45) is 4.01. The largest absolute Gasteiger partial charge is 0.463 e. The molecule has 2 aliphatic rings. The van der Waals surface area contributed by atoms with Crippen LogP contribution in [0.4, 0.5) is 5.69 Å². The maximum absolute atomic E-state index is 11.7. The topological polar surface area (TPSA) is 48.0 Å². The molecule has 1 atom stereocenters. The molecule has 0 radical (unpaired) electrons. The van der Waals surface area contributed by atoms with Crippen LogP contribution in [0.25, 0.3) is 0 Å². The first kappa shape index (κ1) is 13.0. The number of para-hydroxylation sites is 2. The van der Waals surface area contributed by atoms with E-state index in [1.54, 1.807) is 6.20 Å². The van der Waals surface area contributed by atoms with Crippen LogP contribution in [0.15, 0.2) is 36.2 Å². The summed E-state index contributed by atoms with van der Waals surface area (Å²) >= 11 is 0. The second-order valence-electron chi connectivity index (χ2n) is 4.84. The molecule has 0 amide bonds. The minimum atomic E-state index is -0.475. The second-order valence-corrected chi connectivity index (χ2v) is 4.84. The molecule has 0 N–H and O–H groups in total. The molecule has 1 unspecified atom stereocenters. The van der Waals surface area contributed by atoms with Gasteiger partial charge in [-0.25, -0.2) is 4.79 Å². The number of fused-ring (bicyclic) bond motifs is 1. The third-order valence-electron chi connectivity index (χ3n) is 3.48. The van der Waals surface area contributed by atoms with E-state index in [1.165, 1.54) is 7.11 Å². The summed E-state index contributed by atoms with van der Waals surface area (Å²) < 4.78 is 16.0. The van der Waals surface area contributed by atoms with E-state index < -0.39 is 5.97 Å². The molecule has 0 bridgehead atoms. The van der Waals surface area contributed by atoms with Gasteiger partial charge in [0.05, 0.1) is 25.1 Å². The van der Waals surface area contributed by atoms with Gasteiger partial charge >= 0.3 is 5.97 Å². The Morgan fingerprint density at radius 1 is 1.45 bits per heavy atom. The van der Waals surface area contributed by atoms with E-state index in [0.717, 1.165) is 25.1 Å². The minimum Gasteiger partial charge on any atom is -0.463 e. The highest BCUT2D eigenvalue weighted by atomic mass is 16.6. The van der Waals surface area contributed by atoms with E-state index in [1.807, 2.05) is 29.2 Å². The molecule has 0 saturated carbocycles. The molecule has 106 valence electrons. The Morgan fingerprint density at radius 2 is 2.30 bits per heavy atom. The van der Waals surface area contributed by atoms with E-state index in [2.05, 4.69) is 0 Å². The molecule has 1 fully saturated rings. The van der Waals surface area contributed by atoms with E-state index >= 15 is 0 Å². The molecular weight excluding hydrogens is 258 g/mol. The Kier molecular flexibility index (Phi) is 3.60. The van der Waals surface area contributed by atoms with Crippen molar-refractivity contribution in [1.29, 1.82) is 0 Å². The average molecular weight is 275 g/mol. The lowest BCUT2D eigenvalue weighted by molar-refractivity contribution is -0.138. The monoisotopic (exact) mass is 275 g/mol. The van der Waals surface area contributed by atoms with Crippen LogP contribution in [0, 0.1) is 0 Å². The fraction of sp³-hybridized carbons (Fsp3) is 0.400. The second kappa shape index (κ2) is 5.54. The number of nitrogens with zero attached hydrogens (tertiary/aromatic N) is 1. The standard InChI is InChI=1S/C15H17NO4/c1-18-15(17)14-10-16(9-11-5-4-8-19-11)12-6-2-3-7-13(12)20-14/h2-3,6-7,10-11H,4-5,8-9H2,1H3. The van der Waals surface area contributed by atoms with Crippen molar-refractivity contribution in [1.82, 2.24) is 0 Å². The molecular formula is C15H17NO4. The Bertz CT molecular complexity index is 534. The Balaban J connectivity index is 1.87. The predicted octanol–water partition coefficient (Wildman–Crippen LogP) is 2.08. The molecule has 5 heteroatoms. The summed E-state index contributed by atoms with van der Waals surface area (Å²) in [5, 5.41) is 0. The van der Waals surface area contributed by atoms with Gasteiger partial charge in [0, 0.05) is 13.2 Å². The number of esters is 1. The number of ether oxygens (including phenoxy) is 3. The summed E-state index contributed by atoms with van der Waals surface area (Å²) in [6, 6.07) is 7.63. The molecule has 1 aromatic rings. The van der Waals surface area contributed by atoms with Crippen molar-refractivity contribution in [2.45, 2.75) is 18.9 Å². The number of rotatable bonds is 3. The van der Waals surface area contributed by atoms with E-state index in [-0.39, 0.29) is 11.9 Å². The third-order valence-corrected chi connectivity index (χ3v) is 3.48. The van der Waals surface area contributed by atoms with Crippen molar-refractivity contribution >= 4 is 11.7 Å². The highest BCUT2D eigenvalue weighted by Crippen LogP contribution is 2.34. The molecule has 1 aromatic carbocycles. The van der Waals surface area contributed by atoms with Gasteiger partial charge in [-0.2, -0.15) is 0 Å². The van der Waals surface area contributed by atoms with Crippen LogP contribution in [0.3, 0.4) is 0 Å². The van der Waals surface area contributed by atoms with Gasteiger partial charge in [0.25, 0.3) is 0 Å². The number of benzene rings is 1. The van der Waals surface area contributed by atoms with Crippen LogP contribution in [-0.4, -0.2) is 32.3 Å². The first-order valence-corrected chi connectivity index (χ1v) is 6.73. The van der Waals surface area contributed by atoms with Crippen molar-refractivity contribution in [3.63, 3.8) is 0 Å². The van der Waals surface area contributed by atoms with Crippen molar-refractivity contribution in [2.75, 3.05) is 25.2 Å². The fourth-order valence-electron chi connectivity index (χ4n) is 2.49. The summed E-state index contributed by atoms with van der Waals surface area (Å²) in [5.74, 6) is 0.384. The summed E-state index contributed by atoms with van der Waals surface area (Å²) in [6.45, 7) is 1.52. The van der Waals surface area contributed by atoms with Crippen LogP contribution < -0.4 is 9.64 Å². The van der Waals surface area contributed by atoms with Crippen molar-refractivity contribution in [3.8, 4) is 5.75 Å². The minimum absolute atomic E-state index is 0.191. The number of methoxy groups -OCH3 is 1. The van der Waals surface area contributed by atoms with Gasteiger partial charge in [0.15, 0.2) is 5.75 Å². The number of anilines is 1. The van der Waals surface area contributed by atoms with E-state index in [0.29, 0.717) is 12.3 Å². The summed E-state index contributed by atoms with van der Waals surface area (Å²) in [5.41, 5.74) is 0.940. The molecule has 3 rings (SSSR count). The van der Waals surface area contributed by atoms with Gasteiger partial charge in [0.2, 0.25) is 5.76 Å². The number of carbonyl (C=O) groups is 1. The SMILES string of the molecule is COC(=O)C1=CN(CC2CCCO2)c2ccccc2O1. The molecule has 2 aliphatic heterocycles. The van der Waals surface area contributed by atoms with Gasteiger partial charge in [-0.15, -0.1) is 0 Å². The van der Waals surface area contributed by atoms with Crippen LogP contribution in [0.5, 0.6) is 5.75 Å². The lowest BCUT2D eigenvalue weighted by Gasteiger charge is -2.29. The average Bonchev–Trinajstić information content (AvgIpc) is 2.99. The zero-order valence-electron chi connectivity index (χ0n) is 11.4. The molecule has 2 heterocycles. The van der Waals surface area contributed by atoms with Gasteiger partial charge in [-0.05, 0) is 25.0 Å². The quantitative estimate of drug-likeness (QED) is 0.790. The Morgan fingerprint density at radius 3 is 3.05 bits per heavy atom. The van der Waals surface area contributed by atoms with Crippen molar-refractivity contribution in [2.24, 2.45) is 0 Å². The Labute approximate surface area is 117 Å². The number of hydrogen-bond acceptors (Lipinski definition) is 5. The first-order chi connectivity index (χ1) is 9.78. The Hall–Kier alpha value is -2.01. The number of hydrogen-bond donors (Lipinski definition) is 0.